The standard InChI is InChI=1S/C13H23NO2/c1-6-13(5,10-14)9-7-8-11(15)16-12(2,3)4/h6-9H2,1-5H3. The molecule has 3 nitrogen and oxygen atoms in total. The molecule has 0 amide bonds. The fourth-order valence-electron chi connectivity index (χ4n) is 1.33. The number of esters is 1. The first-order valence-corrected chi connectivity index (χ1v) is 5.85. The van der Waals surface area contributed by atoms with Gasteiger partial charge in [-0.05, 0) is 47.0 Å². The topological polar surface area (TPSA) is 50.1 Å². The van der Waals surface area contributed by atoms with Crippen molar-refractivity contribution >= 4 is 5.97 Å². The number of carbonyl (C=O) groups is 1. The Labute approximate surface area is 98.8 Å². The van der Waals surface area contributed by atoms with Crippen molar-refractivity contribution in [1.82, 2.24) is 0 Å². The van der Waals surface area contributed by atoms with Crippen LogP contribution in [0.4, 0.5) is 0 Å². The Hall–Kier alpha value is -1.04. The molecule has 3 heteroatoms. The van der Waals surface area contributed by atoms with E-state index in [0.29, 0.717) is 12.8 Å². The molecule has 0 bridgehead atoms. The highest BCUT2D eigenvalue weighted by molar-refractivity contribution is 5.69. The van der Waals surface area contributed by atoms with E-state index in [1.54, 1.807) is 0 Å². The number of hydrogen-bond donors (Lipinski definition) is 0. The summed E-state index contributed by atoms with van der Waals surface area (Å²) in [5.74, 6) is -0.177. The van der Waals surface area contributed by atoms with Crippen molar-refractivity contribution in [2.24, 2.45) is 5.41 Å². The summed E-state index contributed by atoms with van der Waals surface area (Å²) in [5, 5.41) is 8.97. The lowest BCUT2D eigenvalue weighted by Gasteiger charge is -2.21. The van der Waals surface area contributed by atoms with E-state index >= 15 is 0 Å². The third-order valence-electron chi connectivity index (χ3n) is 2.58. The number of nitrogens with zero attached hydrogens (tertiary/aromatic N) is 1. The van der Waals surface area contributed by atoms with E-state index < -0.39 is 5.60 Å². The lowest BCUT2D eigenvalue weighted by molar-refractivity contribution is -0.155. The van der Waals surface area contributed by atoms with Gasteiger partial charge in [0, 0.05) is 6.42 Å². The summed E-state index contributed by atoms with van der Waals surface area (Å²) < 4.78 is 5.20. The molecule has 0 aliphatic rings. The summed E-state index contributed by atoms with van der Waals surface area (Å²) >= 11 is 0. The molecule has 0 heterocycles. The van der Waals surface area contributed by atoms with E-state index in [-0.39, 0.29) is 11.4 Å². The molecule has 0 rings (SSSR count). The van der Waals surface area contributed by atoms with Crippen LogP contribution < -0.4 is 0 Å². The van der Waals surface area contributed by atoms with Gasteiger partial charge in [-0.1, -0.05) is 6.92 Å². The van der Waals surface area contributed by atoms with Crippen LogP contribution in [-0.4, -0.2) is 11.6 Å². The fraction of sp³-hybridized carbons (Fsp3) is 0.846. The Kier molecular flexibility index (Phi) is 5.50. The predicted octanol–water partition coefficient (Wildman–Crippen LogP) is 3.44. The number of nitriles is 1. The molecule has 0 aliphatic heterocycles. The second-order valence-electron chi connectivity index (χ2n) is 5.47. The van der Waals surface area contributed by atoms with Crippen molar-refractivity contribution in [2.45, 2.75) is 65.9 Å². The average Bonchev–Trinajstić information content (AvgIpc) is 2.14. The number of rotatable bonds is 5. The summed E-state index contributed by atoms with van der Waals surface area (Å²) in [6, 6.07) is 2.30. The molecule has 0 fully saturated rings. The van der Waals surface area contributed by atoms with E-state index in [1.807, 2.05) is 34.6 Å². The van der Waals surface area contributed by atoms with Crippen molar-refractivity contribution in [3.63, 3.8) is 0 Å². The average molecular weight is 225 g/mol. The summed E-state index contributed by atoms with van der Waals surface area (Å²) in [5.41, 5.74) is -0.720. The molecule has 1 atom stereocenters. The van der Waals surface area contributed by atoms with Gasteiger partial charge in [-0.3, -0.25) is 4.79 Å². The molecular weight excluding hydrogens is 202 g/mol. The van der Waals surface area contributed by atoms with Crippen LogP contribution in [0.2, 0.25) is 0 Å². The Morgan fingerprint density at radius 1 is 1.31 bits per heavy atom. The third kappa shape index (κ3) is 6.44. The van der Waals surface area contributed by atoms with Crippen molar-refractivity contribution in [2.75, 3.05) is 0 Å². The molecule has 16 heavy (non-hydrogen) atoms. The number of hydrogen-bond acceptors (Lipinski definition) is 3. The maximum absolute atomic E-state index is 11.4. The quantitative estimate of drug-likeness (QED) is 0.673. The highest BCUT2D eigenvalue weighted by atomic mass is 16.6. The maximum atomic E-state index is 11.4. The van der Waals surface area contributed by atoms with Crippen LogP contribution in [0.5, 0.6) is 0 Å². The first-order chi connectivity index (χ1) is 7.22. The SMILES string of the molecule is CCC(C)(C#N)CCCC(=O)OC(C)(C)C. The molecule has 1 unspecified atom stereocenters. The zero-order valence-electron chi connectivity index (χ0n) is 11.1. The Bertz CT molecular complexity index is 273. The fourth-order valence-corrected chi connectivity index (χ4v) is 1.33. The van der Waals surface area contributed by atoms with E-state index in [2.05, 4.69) is 6.07 Å². The Balaban J connectivity index is 3.92. The van der Waals surface area contributed by atoms with Gasteiger partial charge in [0.05, 0.1) is 11.5 Å². The van der Waals surface area contributed by atoms with Gasteiger partial charge in [0.1, 0.15) is 5.60 Å². The molecule has 0 saturated carbocycles. The van der Waals surface area contributed by atoms with E-state index in [9.17, 15) is 4.79 Å². The molecule has 0 aromatic carbocycles. The Morgan fingerprint density at radius 2 is 1.88 bits per heavy atom. The first kappa shape index (κ1) is 15.0. The van der Waals surface area contributed by atoms with Crippen molar-refractivity contribution in [3.8, 4) is 6.07 Å². The second kappa shape index (κ2) is 5.89. The second-order valence-corrected chi connectivity index (χ2v) is 5.47. The van der Waals surface area contributed by atoms with Gasteiger partial charge in [0.2, 0.25) is 0 Å². The maximum Gasteiger partial charge on any atom is 0.306 e. The van der Waals surface area contributed by atoms with Gasteiger partial charge in [0.15, 0.2) is 0 Å². The van der Waals surface area contributed by atoms with Crippen LogP contribution in [0, 0.1) is 16.7 Å². The minimum atomic E-state index is -0.416. The molecule has 0 saturated heterocycles. The smallest absolute Gasteiger partial charge is 0.306 e. The zero-order chi connectivity index (χ0) is 12.8. The number of ether oxygens (including phenoxy) is 1. The summed E-state index contributed by atoms with van der Waals surface area (Å²) in [6.45, 7) is 9.50. The zero-order valence-corrected chi connectivity index (χ0v) is 11.1. The summed E-state index contributed by atoms with van der Waals surface area (Å²) in [4.78, 5) is 11.4. The van der Waals surface area contributed by atoms with Crippen LogP contribution in [-0.2, 0) is 9.53 Å². The van der Waals surface area contributed by atoms with Gasteiger partial charge in [-0.25, -0.2) is 0 Å². The molecule has 92 valence electrons. The third-order valence-corrected chi connectivity index (χ3v) is 2.58. The summed E-state index contributed by atoms with van der Waals surface area (Å²) in [6.07, 6.45) is 2.68. The minimum absolute atomic E-state index is 0.177. The lowest BCUT2D eigenvalue weighted by atomic mass is 9.84. The van der Waals surface area contributed by atoms with Gasteiger partial charge in [-0.15, -0.1) is 0 Å². The first-order valence-electron chi connectivity index (χ1n) is 5.85. The molecule has 0 spiro atoms. The van der Waals surface area contributed by atoms with E-state index in [4.69, 9.17) is 10.00 Å². The highest BCUT2D eigenvalue weighted by Gasteiger charge is 2.22. The normalized spacial score (nSPS) is 15.0. The number of carbonyl (C=O) groups excluding carboxylic acids is 1. The Morgan fingerprint density at radius 3 is 2.25 bits per heavy atom. The van der Waals surface area contributed by atoms with Crippen LogP contribution in [0.1, 0.15) is 60.3 Å². The molecule has 0 aromatic heterocycles. The minimum Gasteiger partial charge on any atom is -0.460 e. The lowest BCUT2D eigenvalue weighted by Crippen LogP contribution is -2.24. The van der Waals surface area contributed by atoms with Crippen LogP contribution in [0.25, 0.3) is 0 Å². The highest BCUT2D eigenvalue weighted by Crippen LogP contribution is 2.27. The van der Waals surface area contributed by atoms with Crippen LogP contribution in [0.3, 0.4) is 0 Å². The predicted molar refractivity (Wildman–Crippen MR) is 63.7 cm³/mol. The molecule has 0 N–H and O–H groups in total. The van der Waals surface area contributed by atoms with Gasteiger partial charge < -0.3 is 4.74 Å². The summed E-state index contributed by atoms with van der Waals surface area (Å²) in [7, 11) is 0. The van der Waals surface area contributed by atoms with Gasteiger partial charge in [-0.2, -0.15) is 5.26 Å². The molecule has 0 aliphatic carbocycles. The molecule has 0 radical (unpaired) electrons. The van der Waals surface area contributed by atoms with Crippen LogP contribution in [0.15, 0.2) is 0 Å². The monoisotopic (exact) mass is 225 g/mol. The van der Waals surface area contributed by atoms with Crippen molar-refractivity contribution in [1.29, 1.82) is 5.26 Å². The van der Waals surface area contributed by atoms with Gasteiger partial charge in [0.25, 0.3) is 0 Å². The molecule has 0 aromatic rings. The van der Waals surface area contributed by atoms with E-state index in [0.717, 1.165) is 12.8 Å². The van der Waals surface area contributed by atoms with Crippen molar-refractivity contribution in [3.05, 3.63) is 0 Å². The van der Waals surface area contributed by atoms with Gasteiger partial charge >= 0.3 is 5.97 Å². The van der Waals surface area contributed by atoms with E-state index in [1.165, 1.54) is 0 Å². The molecular formula is C13H23NO2. The van der Waals surface area contributed by atoms with Crippen molar-refractivity contribution < 1.29 is 9.53 Å². The van der Waals surface area contributed by atoms with Crippen LogP contribution >= 0.6 is 0 Å². The largest absolute Gasteiger partial charge is 0.460 e.